The summed E-state index contributed by atoms with van der Waals surface area (Å²) in [5.41, 5.74) is 7.21. The fraction of sp³-hybridized carbons (Fsp3) is 0.278. The van der Waals surface area contributed by atoms with E-state index in [1.165, 1.54) is 0 Å². The van der Waals surface area contributed by atoms with E-state index in [1.807, 2.05) is 36.4 Å². The topological polar surface area (TPSA) is 82.8 Å². The number of carbonyl (C=O) groups is 1. The average molecular weight is 330 g/mol. The number of ether oxygens (including phenoxy) is 3. The van der Waals surface area contributed by atoms with E-state index in [1.54, 1.807) is 20.3 Å². The van der Waals surface area contributed by atoms with Gasteiger partial charge in [-0.1, -0.05) is 24.3 Å². The summed E-state index contributed by atoms with van der Waals surface area (Å²) in [6.45, 7) is 1.17. The zero-order valence-corrected chi connectivity index (χ0v) is 13.9. The van der Waals surface area contributed by atoms with Crippen LogP contribution in [0.15, 0.2) is 42.5 Å². The summed E-state index contributed by atoms with van der Waals surface area (Å²) < 4.78 is 15.9. The molecule has 24 heavy (non-hydrogen) atoms. The van der Waals surface area contributed by atoms with Crippen LogP contribution in [0.4, 0.5) is 0 Å². The third kappa shape index (κ3) is 4.89. The highest BCUT2D eigenvalue weighted by atomic mass is 16.5. The molecular formula is C18H22N2O4. The first-order valence-corrected chi connectivity index (χ1v) is 7.54. The highest BCUT2D eigenvalue weighted by molar-refractivity contribution is 5.75. The van der Waals surface area contributed by atoms with E-state index < -0.39 is 5.91 Å². The Kier molecular flexibility index (Phi) is 6.45. The van der Waals surface area contributed by atoms with Crippen LogP contribution in [0.25, 0.3) is 0 Å². The quantitative estimate of drug-likeness (QED) is 0.733. The van der Waals surface area contributed by atoms with Gasteiger partial charge in [0.25, 0.3) is 5.91 Å². The lowest BCUT2D eigenvalue weighted by molar-refractivity contribution is -0.119. The molecule has 6 nitrogen and oxygen atoms in total. The summed E-state index contributed by atoms with van der Waals surface area (Å²) in [7, 11) is 3.22. The molecule has 0 unspecified atom stereocenters. The lowest BCUT2D eigenvalue weighted by Gasteiger charge is -2.12. The Bertz CT molecular complexity index is 688. The predicted octanol–water partition coefficient (Wildman–Crippen LogP) is 1.86. The molecule has 1 amide bonds. The lowest BCUT2D eigenvalue weighted by atomic mass is 10.1. The number of amides is 1. The van der Waals surface area contributed by atoms with Gasteiger partial charge in [0.1, 0.15) is 5.75 Å². The molecule has 0 atom stereocenters. The number of carbonyl (C=O) groups excluding carboxylic acids is 1. The Morgan fingerprint density at radius 1 is 1.00 bits per heavy atom. The summed E-state index contributed by atoms with van der Waals surface area (Å²) >= 11 is 0. The number of nitrogens with two attached hydrogens (primary N) is 1. The summed E-state index contributed by atoms with van der Waals surface area (Å²) in [5, 5.41) is 3.36. The van der Waals surface area contributed by atoms with E-state index >= 15 is 0 Å². The minimum Gasteiger partial charge on any atom is -0.496 e. The van der Waals surface area contributed by atoms with Gasteiger partial charge in [0.05, 0.1) is 14.2 Å². The molecule has 2 aromatic rings. The molecule has 6 heteroatoms. The fourth-order valence-electron chi connectivity index (χ4n) is 2.28. The standard InChI is InChI=1S/C18H22N2O4/c1-22-15-6-4-3-5-14(15)11-20-10-13-7-8-16(17(9-13)23-2)24-12-18(19)21/h3-9,20H,10-12H2,1-2H3,(H2,19,21). The maximum atomic E-state index is 10.8. The van der Waals surface area contributed by atoms with Crippen molar-refractivity contribution in [1.29, 1.82) is 0 Å². The van der Waals surface area contributed by atoms with Gasteiger partial charge in [0, 0.05) is 18.7 Å². The van der Waals surface area contributed by atoms with E-state index in [0.717, 1.165) is 16.9 Å². The molecule has 3 N–H and O–H groups in total. The second-order valence-electron chi connectivity index (χ2n) is 5.16. The van der Waals surface area contributed by atoms with Gasteiger partial charge >= 0.3 is 0 Å². The third-order valence-electron chi connectivity index (χ3n) is 3.44. The van der Waals surface area contributed by atoms with Crippen LogP contribution in [0.3, 0.4) is 0 Å². The van der Waals surface area contributed by atoms with E-state index in [2.05, 4.69) is 5.32 Å². The molecule has 0 heterocycles. The van der Waals surface area contributed by atoms with Crippen molar-refractivity contribution in [2.45, 2.75) is 13.1 Å². The van der Waals surface area contributed by atoms with Crippen molar-refractivity contribution in [3.8, 4) is 17.2 Å². The maximum absolute atomic E-state index is 10.8. The van der Waals surface area contributed by atoms with E-state index in [0.29, 0.717) is 24.6 Å². The minimum absolute atomic E-state index is 0.179. The normalized spacial score (nSPS) is 10.2. The van der Waals surface area contributed by atoms with Crippen LogP contribution in [0.1, 0.15) is 11.1 Å². The number of nitrogens with one attached hydrogen (secondary N) is 1. The van der Waals surface area contributed by atoms with Gasteiger partial charge in [-0.25, -0.2) is 0 Å². The van der Waals surface area contributed by atoms with Crippen LogP contribution in [-0.4, -0.2) is 26.7 Å². The second kappa shape index (κ2) is 8.79. The number of hydrogen-bond donors (Lipinski definition) is 2. The van der Waals surface area contributed by atoms with Gasteiger partial charge in [-0.3, -0.25) is 4.79 Å². The molecule has 0 saturated heterocycles. The lowest BCUT2D eigenvalue weighted by Crippen LogP contribution is -2.20. The molecule has 2 rings (SSSR count). The summed E-state index contributed by atoms with van der Waals surface area (Å²) in [6.07, 6.45) is 0. The van der Waals surface area contributed by atoms with Crippen molar-refractivity contribution in [2.24, 2.45) is 5.73 Å². The van der Waals surface area contributed by atoms with Crippen molar-refractivity contribution >= 4 is 5.91 Å². The Hall–Kier alpha value is -2.73. The van der Waals surface area contributed by atoms with E-state index in [9.17, 15) is 4.79 Å². The van der Waals surface area contributed by atoms with Gasteiger partial charge in [-0.2, -0.15) is 0 Å². The molecule has 0 radical (unpaired) electrons. The Labute approximate surface area is 141 Å². The van der Waals surface area contributed by atoms with Crippen LogP contribution >= 0.6 is 0 Å². The van der Waals surface area contributed by atoms with Gasteiger partial charge in [-0.15, -0.1) is 0 Å². The molecule has 0 spiro atoms. The predicted molar refractivity (Wildman–Crippen MR) is 91.2 cm³/mol. The number of methoxy groups -OCH3 is 2. The highest BCUT2D eigenvalue weighted by Crippen LogP contribution is 2.28. The number of hydrogen-bond acceptors (Lipinski definition) is 5. The molecule has 0 bridgehead atoms. The molecular weight excluding hydrogens is 308 g/mol. The van der Waals surface area contributed by atoms with Crippen LogP contribution in [-0.2, 0) is 17.9 Å². The molecule has 128 valence electrons. The van der Waals surface area contributed by atoms with Gasteiger partial charge < -0.3 is 25.3 Å². The first kappa shape index (κ1) is 17.6. The third-order valence-corrected chi connectivity index (χ3v) is 3.44. The summed E-state index contributed by atoms with van der Waals surface area (Å²) in [4.78, 5) is 10.8. The number of primary amides is 1. The van der Waals surface area contributed by atoms with Crippen LogP contribution in [0.5, 0.6) is 17.2 Å². The van der Waals surface area contributed by atoms with Crippen LogP contribution in [0.2, 0.25) is 0 Å². The summed E-state index contributed by atoms with van der Waals surface area (Å²) in [5.74, 6) is 1.38. The van der Waals surface area contributed by atoms with Gasteiger partial charge in [0.2, 0.25) is 0 Å². The Balaban J connectivity index is 1.96. The van der Waals surface area contributed by atoms with Crippen LogP contribution < -0.4 is 25.3 Å². The van der Waals surface area contributed by atoms with E-state index in [-0.39, 0.29) is 6.61 Å². The summed E-state index contributed by atoms with van der Waals surface area (Å²) in [6, 6.07) is 13.4. The molecule has 2 aromatic carbocycles. The molecule has 0 saturated carbocycles. The van der Waals surface area contributed by atoms with Crippen molar-refractivity contribution in [3.05, 3.63) is 53.6 Å². The number of benzene rings is 2. The van der Waals surface area contributed by atoms with Crippen molar-refractivity contribution in [2.75, 3.05) is 20.8 Å². The first-order valence-electron chi connectivity index (χ1n) is 7.54. The Morgan fingerprint density at radius 3 is 2.46 bits per heavy atom. The molecule has 0 aliphatic rings. The molecule has 0 aliphatic heterocycles. The zero-order valence-electron chi connectivity index (χ0n) is 13.9. The smallest absolute Gasteiger partial charge is 0.255 e. The van der Waals surface area contributed by atoms with Gasteiger partial charge in [0.15, 0.2) is 18.1 Å². The van der Waals surface area contributed by atoms with Crippen molar-refractivity contribution in [3.63, 3.8) is 0 Å². The second-order valence-corrected chi connectivity index (χ2v) is 5.16. The SMILES string of the molecule is COc1ccccc1CNCc1ccc(OCC(N)=O)c(OC)c1. The fourth-order valence-corrected chi connectivity index (χ4v) is 2.28. The number of rotatable bonds is 9. The van der Waals surface area contributed by atoms with E-state index in [4.69, 9.17) is 19.9 Å². The van der Waals surface area contributed by atoms with Crippen LogP contribution in [0, 0.1) is 0 Å². The largest absolute Gasteiger partial charge is 0.496 e. The minimum atomic E-state index is -0.528. The first-order chi connectivity index (χ1) is 11.6. The van der Waals surface area contributed by atoms with Crippen molar-refractivity contribution in [1.82, 2.24) is 5.32 Å². The molecule has 0 aromatic heterocycles. The zero-order chi connectivity index (χ0) is 17.4. The average Bonchev–Trinajstić information content (AvgIpc) is 2.60. The highest BCUT2D eigenvalue weighted by Gasteiger charge is 2.07. The number of para-hydroxylation sites is 1. The van der Waals surface area contributed by atoms with Gasteiger partial charge in [-0.05, 0) is 23.8 Å². The monoisotopic (exact) mass is 330 g/mol. The molecule has 0 fully saturated rings. The molecule has 0 aliphatic carbocycles. The van der Waals surface area contributed by atoms with Crippen molar-refractivity contribution < 1.29 is 19.0 Å². The Morgan fingerprint density at radius 2 is 1.75 bits per heavy atom. The maximum Gasteiger partial charge on any atom is 0.255 e.